The van der Waals surface area contributed by atoms with Gasteiger partial charge in [-0.15, -0.1) is 0 Å². The first-order chi connectivity index (χ1) is 14.6. The lowest BCUT2D eigenvalue weighted by Gasteiger charge is -2.10. The molecule has 0 atom stereocenters. The standard InChI is InChI=1S/C22H24N4O4/c1-4-30-17-7-5-16(6-8-17)20-13-23-14-21(25-20)22(27)26-24-12-15-9-18(28-2)11-19(10-15)29-3/h5-11,13-14,24H,4,12H2,1-3H3,(H,26,27). The maximum atomic E-state index is 12.5. The molecule has 30 heavy (non-hydrogen) atoms. The Bertz CT molecular complexity index is 970. The van der Waals surface area contributed by atoms with E-state index in [9.17, 15) is 4.79 Å². The SMILES string of the molecule is CCOc1ccc(-c2cncc(C(=O)NNCc3cc(OC)cc(OC)c3)n2)cc1. The van der Waals surface area contributed by atoms with E-state index < -0.39 is 0 Å². The molecule has 0 spiro atoms. The van der Waals surface area contributed by atoms with Gasteiger partial charge in [-0.3, -0.25) is 15.2 Å². The van der Waals surface area contributed by atoms with E-state index in [4.69, 9.17) is 14.2 Å². The van der Waals surface area contributed by atoms with Gasteiger partial charge in [0.1, 0.15) is 22.9 Å². The highest BCUT2D eigenvalue weighted by atomic mass is 16.5. The molecular weight excluding hydrogens is 384 g/mol. The molecule has 2 aromatic carbocycles. The van der Waals surface area contributed by atoms with Crippen LogP contribution in [-0.4, -0.2) is 36.7 Å². The molecule has 0 bridgehead atoms. The number of nitrogens with one attached hydrogen (secondary N) is 2. The van der Waals surface area contributed by atoms with Crippen LogP contribution in [0.4, 0.5) is 0 Å². The number of methoxy groups -OCH3 is 2. The number of carbonyl (C=O) groups is 1. The highest BCUT2D eigenvalue weighted by molar-refractivity contribution is 5.92. The zero-order valence-electron chi connectivity index (χ0n) is 17.1. The lowest BCUT2D eigenvalue weighted by atomic mass is 10.1. The quantitative estimate of drug-likeness (QED) is 0.526. The van der Waals surface area contributed by atoms with Crippen LogP contribution in [0.15, 0.2) is 54.9 Å². The molecule has 1 heterocycles. The predicted molar refractivity (Wildman–Crippen MR) is 112 cm³/mol. The molecule has 156 valence electrons. The number of ether oxygens (including phenoxy) is 3. The second-order valence-corrected chi connectivity index (χ2v) is 6.28. The number of aromatic nitrogens is 2. The van der Waals surface area contributed by atoms with E-state index in [0.717, 1.165) is 16.9 Å². The van der Waals surface area contributed by atoms with Gasteiger partial charge >= 0.3 is 0 Å². The zero-order chi connectivity index (χ0) is 21.3. The summed E-state index contributed by atoms with van der Waals surface area (Å²) in [6.45, 7) is 2.91. The van der Waals surface area contributed by atoms with Crippen molar-refractivity contribution in [3.05, 3.63) is 66.1 Å². The third-order valence-corrected chi connectivity index (χ3v) is 4.23. The second kappa shape index (κ2) is 10.2. The minimum Gasteiger partial charge on any atom is -0.497 e. The van der Waals surface area contributed by atoms with Gasteiger partial charge in [0.15, 0.2) is 0 Å². The molecule has 0 fully saturated rings. The molecule has 1 aromatic heterocycles. The Morgan fingerprint density at radius 1 is 0.967 bits per heavy atom. The summed E-state index contributed by atoms with van der Waals surface area (Å²) in [5, 5.41) is 0. The number of nitrogens with zero attached hydrogens (tertiary/aromatic N) is 2. The highest BCUT2D eigenvalue weighted by Gasteiger charge is 2.10. The van der Waals surface area contributed by atoms with Crippen molar-refractivity contribution in [2.45, 2.75) is 13.5 Å². The Kier molecular flexibility index (Phi) is 7.18. The van der Waals surface area contributed by atoms with Crippen molar-refractivity contribution >= 4 is 5.91 Å². The lowest BCUT2D eigenvalue weighted by molar-refractivity contribution is 0.0927. The maximum Gasteiger partial charge on any atom is 0.285 e. The van der Waals surface area contributed by atoms with Crippen molar-refractivity contribution in [2.24, 2.45) is 0 Å². The minimum atomic E-state index is -0.384. The maximum absolute atomic E-state index is 12.5. The Morgan fingerprint density at radius 2 is 1.67 bits per heavy atom. The molecule has 8 nitrogen and oxygen atoms in total. The molecule has 0 aliphatic rings. The normalized spacial score (nSPS) is 10.4. The number of carbonyl (C=O) groups excluding carboxylic acids is 1. The van der Waals surface area contributed by atoms with E-state index in [-0.39, 0.29) is 11.6 Å². The van der Waals surface area contributed by atoms with Gasteiger partial charge < -0.3 is 14.2 Å². The molecule has 1 amide bonds. The molecule has 8 heteroatoms. The molecule has 3 aromatic rings. The summed E-state index contributed by atoms with van der Waals surface area (Å²) in [6.07, 6.45) is 3.03. The van der Waals surface area contributed by atoms with E-state index in [1.165, 1.54) is 6.20 Å². The van der Waals surface area contributed by atoms with Crippen LogP contribution in [-0.2, 0) is 6.54 Å². The third kappa shape index (κ3) is 5.45. The topological polar surface area (TPSA) is 94.6 Å². The molecular formula is C22H24N4O4. The van der Waals surface area contributed by atoms with Crippen molar-refractivity contribution < 1.29 is 19.0 Å². The Balaban J connectivity index is 1.63. The summed E-state index contributed by atoms with van der Waals surface area (Å²) in [4.78, 5) is 21.0. The van der Waals surface area contributed by atoms with Gasteiger partial charge in [-0.05, 0) is 48.9 Å². The first kappa shape index (κ1) is 21.1. The van der Waals surface area contributed by atoms with Crippen LogP contribution in [0.3, 0.4) is 0 Å². The van der Waals surface area contributed by atoms with E-state index in [1.54, 1.807) is 26.5 Å². The smallest absolute Gasteiger partial charge is 0.285 e. The van der Waals surface area contributed by atoms with Crippen LogP contribution in [0, 0.1) is 0 Å². The second-order valence-electron chi connectivity index (χ2n) is 6.28. The van der Waals surface area contributed by atoms with Crippen LogP contribution >= 0.6 is 0 Å². The van der Waals surface area contributed by atoms with Crippen LogP contribution in [0.2, 0.25) is 0 Å². The van der Waals surface area contributed by atoms with Gasteiger partial charge in [0.2, 0.25) is 0 Å². The Hall–Kier alpha value is -3.65. The van der Waals surface area contributed by atoms with Gasteiger partial charge in [0, 0.05) is 18.2 Å². The monoisotopic (exact) mass is 408 g/mol. The van der Waals surface area contributed by atoms with Gasteiger partial charge in [0.25, 0.3) is 5.91 Å². The lowest BCUT2D eigenvalue weighted by Crippen LogP contribution is -2.37. The van der Waals surface area contributed by atoms with Gasteiger partial charge in [-0.2, -0.15) is 0 Å². The Labute approximate surface area is 175 Å². The third-order valence-electron chi connectivity index (χ3n) is 4.23. The van der Waals surface area contributed by atoms with Crippen molar-refractivity contribution in [3.8, 4) is 28.5 Å². The number of amides is 1. The molecule has 0 aliphatic carbocycles. The van der Waals surface area contributed by atoms with E-state index in [1.807, 2.05) is 43.3 Å². The number of hydrazine groups is 1. The highest BCUT2D eigenvalue weighted by Crippen LogP contribution is 2.22. The first-order valence-corrected chi connectivity index (χ1v) is 9.43. The predicted octanol–water partition coefficient (Wildman–Crippen LogP) is 2.99. The van der Waals surface area contributed by atoms with Gasteiger partial charge in [-0.25, -0.2) is 10.4 Å². The van der Waals surface area contributed by atoms with Crippen LogP contribution in [0.25, 0.3) is 11.3 Å². The van der Waals surface area contributed by atoms with Crippen molar-refractivity contribution in [1.29, 1.82) is 0 Å². The molecule has 0 unspecified atom stereocenters. The summed E-state index contributed by atoms with van der Waals surface area (Å²) in [7, 11) is 3.17. The van der Waals surface area contributed by atoms with E-state index >= 15 is 0 Å². The first-order valence-electron chi connectivity index (χ1n) is 9.43. The number of hydrogen-bond acceptors (Lipinski definition) is 7. The van der Waals surface area contributed by atoms with Crippen molar-refractivity contribution in [2.75, 3.05) is 20.8 Å². The average Bonchev–Trinajstić information content (AvgIpc) is 2.79. The summed E-state index contributed by atoms with van der Waals surface area (Å²) in [5.74, 6) is 1.74. The molecule has 2 N–H and O–H groups in total. The van der Waals surface area contributed by atoms with Gasteiger partial charge in [0.05, 0.1) is 38.9 Å². The van der Waals surface area contributed by atoms with Crippen molar-refractivity contribution in [1.82, 2.24) is 20.8 Å². The number of rotatable bonds is 9. The van der Waals surface area contributed by atoms with E-state index in [0.29, 0.717) is 30.3 Å². The fourth-order valence-corrected chi connectivity index (χ4v) is 2.76. The van der Waals surface area contributed by atoms with Crippen LogP contribution in [0.5, 0.6) is 17.2 Å². The fourth-order valence-electron chi connectivity index (χ4n) is 2.76. The number of benzene rings is 2. The van der Waals surface area contributed by atoms with Crippen LogP contribution < -0.4 is 25.1 Å². The summed E-state index contributed by atoms with van der Waals surface area (Å²) < 4.78 is 15.9. The molecule has 0 aliphatic heterocycles. The zero-order valence-corrected chi connectivity index (χ0v) is 17.1. The summed E-state index contributed by atoms with van der Waals surface area (Å²) >= 11 is 0. The number of hydrogen-bond donors (Lipinski definition) is 2. The van der Waals surface area contributed by atoms with Crippen LogP contribution in [0.1, 0.15) is 23.0 Å². The molecule has 0 saturated carbocycles. The molecule has 0 radical (unpaired) electrons. The van der Waals surface area contributed by atoms with E-state index in [2.05, 4.69) is 20.8 Å². The Morgan fingerprint density at radius 3 is 2.30 bits per heavy atom. The molecule has 0 saturated heterocycles. The fraction of sp³-hybridized carbons (Fsp3) is 0.227. The van der Waals surface area contributed by atoms with Crippen molar-refractivity contribution in [3.63, 3.8) is 0 Å². The van der Waals surface area contributed by atoms with Gasteiger partial charge in [-0.1, -0.05) is 0 Å². The summed E-state index contributed by atoms with van der Waals surface area (Å²) in [6, 6.07) is 13.0. The summed E-state index contributed by atoms with van der Waals surface area (Å²) in [5.41, 5.74) is 8.06. The largest absolute Gasteiger partial charge is 0.497 e. The average molecular weight is 408 g/mol. The minimum absolute atomic E-state index is 0.206. The molecule has 3 rings (SSSR count).